The van der Waals surface area contributed by atoms with E-state index >= 15 is 0 Å². The number of nitrogens with zero attached hydrogens (tertiary/aromatic N) is 5. The third-order valence-corrected chi connectivity index (χ3v) is 4.79. The van der Waals surface area contributed by atoms with Gasteiger partial charge >= 0.3 is 0 Å². The minimum atomic E-state index is -0.227. The summed E-state index contributed by atoms with van der Waals surface area (Å²) in [6.07, 6.45) is 7.38. The van der Waals surface area contributed by atoms with Gasteiger partial charge in [0.25, 0.3) is 5.91 Å². The summed E-state index contributed by atoms with van der Waals surface area (Å²) in [5, 5.41) is 11.3. The van der Waals surface area contributed by atoms with Gasteiger partial charge in [0, 0.05) is 11.7 Å². The maximum atomic E-state index is 12.7. The van der Waals surface area contributed by atoms with E-state index in [2.05, 4.69) is 43.9 Å². The summed E-state index contributed by atoms with van der Waals surface area (Å²) < 4.78 is 2.12. The second kappa shape index (κ2) is 7.93. The summed E-state index contributed by atoms with van der Waals surface area (Å²) >= 11 is 0. The van der Waals surface area contributed by atoms with E-state index in [0.717, 1.165) is 30.8 Å². The number of carbonyl (C=O) groups is 1. The molecule has 2 aromatic rings. The Bertz CT molecular complexity index is 763. The third kappa shape index (κ3) is 4.26. The lowest BCUT2D eigenvalue weighted by Gasteiger charge is -2.18. The normalized spacial score (nSPS) is 16.2. The van der Waals surface area contributed by atoms with E-state index in [1.807, 2.05) is 13.8 Å². The van der Waals surface area contributed by atoms with E-state index in [0.29, 0.717) is 23.5 Å². The molecule has 2 aromatic heterocycles. The molecule has 0 aromatic carbocycles. The molecule has 0 aliphatic heterocycles. The molecule has 7 heteroatoms. The van der Waals surface area contributed by atoms with Crippen molar-refractivity contribution in [3.8, 4) is 0 Å². The number of hydrogen-bond acceptors (Lipinski definition) is 5. The largest absolute Gasteiger partial charge is 0.341 e. The number of rotatable bonds is 6. The van der Waals surface area contributed by atoms with Crippen LogP contribution in [0.5, 0.6) is 0 Å². The van der Waals surface area contributed by atoms with Crippen molar-refractivity contribution in [3.05, 3.63) is 35.4 Å². The first kappa shape index (κ1) is 18.5. The SMILES string of the molecule is Cc1nc(CC(C)C)cc(C(=O)N[C@@H](C)c2nncn2C2CCCC2)n1. The van der Waals surface area contributed by atoms with Crippen LogP contribution in [-0.4, -0.2) is 30.6 Å². The number of aryl methyl sites for hydroxylation is 1. The van der Waals surface area contributed by atoms with Gasteiger partial charge in [-0.2, -0.15) is 0 Å². The fourth-order valence-corrected chi connectivity index (χ4v) is 3.63. The Hall–Kier alpha value is -2.31. The Balaban J connectivity index is 1.74. The average Bonchev–Trinajstić information content (AvgIpc) is 3.24. The van der Waals surface area contributed by atoms with Gasteiger partial charge in [-0.1, -0.05) is 26.7 Å². The highest BCUT2D eigenvalue weighted by atomic mass is 16.1. The number of hydrogen-bond donors (Lipinski definition) is 1. The van der Waals surface area contributed by atoms with Crippen LogP contribution in [0, 0.1) is 12.8 Å². The molecule has 1 N–H and O–H groups in total. The summed E-state index contributed by atoms with van der Waals surface area (Å²) in [5.41, 5.74) is 1.31. The predicted octanol–water partition coefficient (Wildman–Crippen LogP) is 3.18. The number of aromatic nitrogens is 5. The van der Waals surface area contributed by atoms with E-state index in [4.69, 9.17) is 0 Å². The summed E-state index contributed by atoms with van der Waals surface area (Å²) in [6, 6.07) is 2.00. The zero-order chi connectivity index (χ0) is 18.7. The van der Waals surface area contributed by atoms with E-state index in [9.17, 15) is 4.79 Å². The lowest BCUT2D eigenvalue weighted by atomic mass is 10.1. The predicted molar refractivity (Wildman–Crippen MR) is 98.7 cm³/mol. The number of amides is 1. The maximum absolute atomic E-state index is 12.7. The highest BCUT2D eigenvalue weighted by Crippen LogP contribution is 2.31. The Morgan fingerprint density at radius 2 is 2.00 bits per heavy atom. The molecule has 3 rings (SSSR count). The zero-order valence-corrected chi connectivity index (χ0v) is 16.1. The number of carbonyl (C=O) groups excluding carboxylic acids is 1. The summed E-state index contributed by atoms with van der Waals surface area (Å²) in [6.45, 7) is 8.03. The zero-order valence-electron chi connectivity index (χ0n) is 16.1. The first-order valence-corrected chi connectivity index (χ1v) is 9.49. The van der Waals surface area contributed by atoms with Crippen molar-refractivity contribution in [2.75, 3.05) is 0 Å². The molecule has 140 valence electrons. The molecule has 0 unspecified atom stereocenters. The molecule has 0 spiro atoms. The average molecular weight is 356 g/mol. The van der Waals surface area contributed by atoms with Gasteiger partial charge in [0.1, 0.15) is 17.8 Å². The van der Waals surface area contributed by atoms with Crippen LogP contribution in [0.25, 0.3) is 0 Å². The van der Waals surface area contributed by atoms with Crippen molar-refractivity contribution in [3.63, 3.8) is 0 Å². The highest BCUT2D eigenvalue weighted by molar-refractivity contribution is 5.92. The van der Waals surface area contributed by atoms with Crippen LogP contribution in [0.2, 0.25) is 0 Å². The lowest BCUT2D eigenvalue weighted by Crippen LogP contribution is -2.30. The fraction of sp³-hybridized carbons (Fsp3) is 0.632. The molecule has 1 atom stereocenters. The summed E-state index contributed by atoms with van der Waals surface area (Å²) in [4.78, 5) is 21.5. The van der Waals surface area contributed by atoms with Crippen LogP contribution >= 0.6 is 0 Å². The van der Waals surface area contributed by atoms with Crippen LogP contribution < -0.4 is 5.32 Å². The monoisotopic (exact) mass is 356 g/mol. The van der Waals surface area contributed by atoms with Gasteiger partial charge in [0.15, 0.2) is 5.82 Å². The molecule has 1 fully saturated rings. The van der Waals surface area contributed by atoms with Crippen LogP contribution in [-0.2, 0) is 6.42 Å². The van der Waals surface area contributed by atoms with Gasteiger partial charge in [-0.3, -0.25) is 4.79 Å². The quantitative estimate of drug-likeness (QED) is 0.859. The molecule has 0 bridgehead atoms. The van der Waals surface area contributed by atoms with Crippen molar-refractivity contribution in [2.24, 2.45) is 5.92 Å². The highest BCUT2D eigenvalue weighted by Gasteiger charge is 2.24. The minimum absolute atomic E-state index is 0.200. The minimum Gasteiger partial charge on any atom is -0.341 e. The van der Waals surface area contributed by atoms with Crippen molar-refractivity contribution < 1.29 is 4.79 Å². The Kier molecular flexibility index (Phi) is 5.64. The molecule has 2 heterocycles. The van der Waals surface area contributed by atoms with Crippen molar-refractivity contribution in [1.29, 1.82) is 0 Å². The van der Waals surface area contributed by atoms with Crippen molar-refractivity contribution >= 4 is 5.91 Å². The summed E-state index contributed by atoms with van der Waals surface area (Å²) in [7, 11) is 0. The Labute approximate surface area is 154 Å². The van der Waals surface area contributed by atoms with E-state index in [1.54, 1.807) is 12.4 Å². The molecule has 1 aliphatic carbocycles. The first-order chi connectivity index (χ1) is 12.4. The second-order valence-corrected chi connectivity index (χ2v) is 7.62. The van der Waals surface area contributed by atoms with Gasteiger partial charge in [-0.25, -0.2) is 9.97 Å². The second-order valence-electron chi connectivity index (χ2n) is 7.62. The molecule has 1 saturated carbocycles. The molecule has 0 saturated heterocycles. The van der Waals surface area contributed by atoms with Gasteiger partial charge in [0.05, 0.1) is 6.04 Å². The molecule has 7 nitrogen and oxygen atoms in total. The van der Waals surface area contributed by atoms with Crippen molar-refractivity contribution in [1.82, 2.24) is 30.0 Å². The summed E-state index contributed by atoms with van der Waals surface area (Å²) in [5.74, 6) is 1.70. The molecular formula is C19H28N6O. The first-order valence-electron chi connectivity index (χ1n) is 9.49. The fourth-order valence-electron chi connectivity index (χ4n) is 3.63. The topological polar surface area (TPSA) is 85.6 Å². The molecule has 1 aliphatic rings. The van der Waals surface area contributed by atoms with Crippen LogP contribution in [0.4, 0.5) is 0 Å². The smallest absolute Gasteiger partial charge is 0.270 e. The molecular weight excluding hydrogens is 328 g/mol. The number of nitrogens with one attached hydrogen (secondary N) is 1. The Morgan fingerprint density at radius 3 is 2.69 bits per heavy atom. The molecule has 26 heavy (non-hydrogen) atoms. The van der Waals surface area contributed by atoms with Gasteiger partial charge < -0.3 is 9.88 Å². The van der Waals surface area contributed by atoms with Crippen LogP contribution in [0.1, 0.15) is 86.4 Å². The van der Waals surface area contributed by atoms with Crippen LogP contribution in [0.3, 0.4) is 0 Å². The van der Waals surface area contributed by atoms with Gasteiger partial charge in [-0.15, -0.1) is 10.2 Å². The Morgan fingerprint density at radius 1 is 1.27 bits per heavy atom. The molecule has 0 radical (unpaired) electrons. The standard InChI is InChI=1S/C19H28N6O/c1-12(2)9-15-10-17(23-14(4)22-15)19(26)21-13(3)18-24-20-11-25(18)16-7-5-6-8-16/h10-13,16H,5-9H2,1-4H3,(H,21,26)/t13-/m0/s1. The van der Waals surface area contributed by atoms with Crippen LogP contribution in [0.15, 0.2) is 12.4 Å². The lowest BCUT2D eigenvalue weighted by molar-refractivity contribution is 0.0931. The van der Waals surface area contributed by atoms with E-state index in [-0.39, 0.29) is 11.9 Å². The third-order valence-electron chi connectivity index (χ3n) is 4.79. The van der Waals surface area contributed by atoms with Crippen molar-refractivity contribution in [2.45, 2.75) is 71.9 Å². The maximum Gasteiger partial charge on any atom is 0.270 e. The van der Waals surface area contributed by atoms with E-state index < -0.39 is 0 Å². The van der Waals surface area contributed by atoms with Gasteiger partial charge in [-0.05, 0) is 45.1 Å². The molecule has 1 amide bonds. The van der Waals surface area contributed by atoms with Gasteiger partial charge in [0.2, 0.25) is 0 Å². The van der Waals surface area contributed by atoms with E-state index in [1.165, 1.54) is 12.8 Å².